The van der Waals surface area contributed by atoms with Gasteiger partial charge in [0.05, 0.1) is 11.4 Å². The first-order chi connectivity index (χ1) is 10.0. The van der Waals surface area contributed by atoms with E-state index in [9.17, 15) is 8.42 Å². The summed E-state index contributed by atoms with van der Waals surface area (Å²) < 4.78 is 22.4. The van der Waals surface area contributed by atoms with Crippen LogP contribution in [0.1, 0.15) is 24.8 Å². The lowest BCUT2D eigenvalue weighted by Gasteiger charge is -2.28. The fourth-order valence-electron chi connectivity index (χ4n) is 2.85. The van der Waals surface area contributed by atoms with E-state index >= 15 is 0 Å². The molecule has 2 aliphatic rings. The molecule has 0 bridgehead atoms. The molecule has 0 spiro atoms. The van der Waals surface area contributed by atoms with Crippen LogP contribution in [0, 0.1) is 5.92 Å². The molecule has 1 aliphatic carbocycles. The molecule has 1 aliphatic heterocycles. The van der Waals surface area contributed by atoms with Crippen molar-refractivity contribution in [2.45, 2.75) is 36.7 Å². The van der Waals surface area contributed by atoms with E-state index in [2.05, 4.69) is 10.3 Å². The van der Waals surface area contributed by atoms with Crippen LogP contribution in [0.15, 0.2) is 34.2 Å². The zero-order valence-corrected chi connectivity index (χ0v) is 13.3. The Morgan fingerprint density at radius 1 is 1.29 bits per heavy atom. The van der Waals surface area contributed by atoms with E-state index in [1.54, 1.807) is 23.9 Å². The van der Waals surface area contributed by atoms with Crippen LogP contribution in [-0.4, -0.2) is 25.4 Å². The topological polar surface area (TPSA) is 84.6 Å². The average molecular weight is 325 g/mol. The lowest BCUT2D eigenvalue weighted by Crippen LogP contribution is -2.41. The highest BCUT2D eigenvalue weighted by atomic mass is 32.2. The van der Waals surface area contributed by atoms with E-state index in [0.29, 0.717) is 12.6 Å². The molecule has 0 aromatic heterocycles. The van der Waals surface area contributed by atoms with Crippen molar-refractivity contribution in [2.75, 3.05) is 5.75 Å². The van der Waals surface area contributed by atoms with Crippen LogP contribution in [0.25, 0.3) is 0 Å². The molecule has 1 saturated carbocycles. The molecule has 2 unspecified atom stereocenters. The SMILES string of the molecule is NS(=O)(=O)c1ccc(CN=C2NC3CCCC3CS2)cc1. The molecule has 7 heteroatoms. The Bertz CT molecular complexity index is 641. The molecule has 3 N–H and O–H groups in total. The lowest BCUT2D eigenvalue weighted by molar-refractivity contribution is 0.489. The van der Waals surface area contributed by atoms with Gasteiger partial charge in [0.25, 0.3) is 0 Å². The zero-order chi connectivity index (χ0) is 14.9. The number of sulfonamides is 1. The molecule has 3 rings (SSSR count). The number of benzene rings is 1. The third kappa shape index (κ3) is 3.59. The van der Waals surface area contributed by atoms with Crippen molar-refractivity contribution in [1.82, 2.24) is 5.32 Å². The zero-order valence-electron chi connectivity index (χ0n) is 11.7. The number of nitrogens with one attached hydrogen (secondary N) is 1. The van der Waals surface area contributed by atoms with Gasteiger partial charge in [-0.25, -0.2) is 13.6 Å². The molecule has 21 heavy (non-hydrogen) atoms. The summed E-state index contributed by atoms with van der Waals surface area (Å²) in [6.45, 7) is 0.553. The van der Waals surface area contributed by atoms with E-state index in [1.165, 1.54) is 31.4 Å². The van der Waals surface area contributed by atoms with Gasteiger partial charge in [0, 0.05) is 11.8 Å². The quantitative estimate of drug-likeness (QED) is 0.886. The lowest BCUT2D eigenvalue weighted by atomic mass is 10.1. The summed E-state index contributed by atoms with van der Waals surface area (Å²) in [6.07, 6.45) is 3.88. The maximum atomic E-state index is 11.2. The summed E-state index contributed by atoms with van der Waals surface area (Å²) in [6, 6.07) is 7.17. The Labute approximate surface area is 129 Å². The second kappa shape index (κ2) is 5.98. The van der Waals surface area contributed by atoms with Crippen molar-refractivity contribution in [1.29, 1.82) is 0 Å². The van der Waals surface area contributed by atoms with Gasteiger partial charge in [-0.15, -0.1) is 0 Å². The number of aliphatic imine (C=N–C) groups is 1. The fourth-order valence-corrected chi connectivity index (χ4v) is 4.53. The molecule has 1 aromatic rings. The third-order valence-corrected chi connectivity index (χ3v) is 6.10. The number of amidine groups is 1. The van der Waals surface area contributed by atoms with Gasteiger partial charge in [0.15, 0.2) is 5.17 Å². The van der Waals surface area contributed by atoms with Gasteiger partial charge in [-0.2, -0.15) is 0 Å². The van der Waals surface area contributed by atoms with Gasteiger partial charge >= 0.3 is 0 Å². The van der Waals surface area contributed by atoms with Crippen LogP contribution in [0.3, 0.4) is 0 Å². The van der Waals surface area contributed by atoms with Crippen molar-refractivity contribution in [3.8, 4) is 0 Å². The van der Waals surface area contributed by atoms with E-state index in [0.717, 1.165) is 22.4 Å². The fraction of sp³-hybridized carbons (Fsp3) is 0.500. The third-order valence-electron chi connectivity index (χ3n) is 4.06. The van der Waals surface area contributed by atoms with Crippen LogP contribution < -0.4 is 10.5 Å². The Morgan fingerprint density at radius 2 is 2.05 bits per heavy atom. The van der Waals surface area contributed by atoms with Crippen molar-refractivity contribution in [3.05, 3.63) is 29.8 Å². The summed E-state index contributed by atoms with van der Waals surface area (Å²) in [5.74, 6) is 1.95. The molecule has 2 atom stereocenters. The number of hydrogen-bond donors (Lipinski definition) is 2. The Morgan fingerprint density at radius 3 is 2.76 bits per heavy atom. The minimum atomic E-state index is -3.62. The van der Waals surface area contributed by atoms with Gasteiger partial charge in [-0.05, 0) is 36.5 Å². The molecule has 0 radical (unpaired) electrons. The Kier molecular flexibility index (Phi) is 4.24. The first-order valence-corrected chi connectivity index (χ1v) is 9.61. The first-order valence-electron chi connectivity index (χ1n) is 7.08. The maximum absolute atomic E-state index is 11.2. The van der Waals surface area contributed by atoms with Crippen LogP contribution >= 0.6 is 11.8 Å². The predicted molar refractivity (Wildman–Crippen MR) is 85.7 cm³/mol. The van der Waals surface area contributed by atoms with Crippen LogP contribution in [-0.2, 0) is 16.6 Å². The monoisotopic (exact) mass is 325 g/mol. The molecule has 1 aromatic carbocycles. The number of rotatable bonds is 3. The summed E-state index contributed by atoms with van der Waals surface area (Å²) in [4.78, 5) is 4.73. The van der Waals surface area contributed by atoms with Crippen molar-refractivity contribution >= 4 is 27.0 Å². The molecular formula is C14H19N3O2S2. The summed E-state index contributed by atoms with van der Waals surface area (Å²) in [5, 5.41) is 9.60. The number of primary sulfonamides is 1. The van der Waals surface area contributed by atoms with Crippen molar-refractivity contribution < 1.29 is 8.42 Å². The second-order valence-electron chi connectivity index (χ2n) is 5.56. The molecule has 2 fully saturated rings. The summed E-state index contributed by atoms with van der Waals surface area (Å²) in [7, 11) is -3.62. The van der Waals surface area contributed by atoms with Gasteiger partial charge in [-0.1, -0.05) is 30.3 Å². The van der Waals surface area contributed by atoms with Gasteiger partial charge in [0.1, 0.15) is 0 Å². The molecule has 5 nitrogen and oxygen atoms in total. The van der Waals surface area contributed by atoms with Crippen LogP contribution in [0.2, 0.25) is 0 Å². The summed E-state index contributed by atoms with van der Waals surface area (Å²) >= 11 is 1.79. The van der Waals surface area contributed by atoms with E-state index < -0.39 is 10.0 Å². The van der Waals surface area contributed by atoms with Gasteiger partial charge in [-0.3, -0.25) is 4.99 Å². The number of thioether (sulfide) groups is 1. The smallest absolute Gasteiger partial charge is 0.238 e. The van der Waals surface area contributed by atoms with Crippen LogP contribution in [0.4, 0.5) is 0 Å². The number of fused-ring (bicyclic) bond motifs is 1. The van der Waals surface area contributed by atoms with Crippen LogP contribution in [0.5, 0.6) is 0 Å². The van der Waals surface area contributed by atoms with Crippen molar-refractivity contribution in [2.24, 2.45) is 16.0 Å². The molecule has 1 heterocycles. The Balaban J connectivity index is 1.63. The molecule has 0 amide bonds. The highest BCUT2D eigenvalue weighted by Crippen LogP contribution is 2.32. The standard InChI is InChI=1S/C14H19N3O2S2/c15-21(18,19)12-6-4-10(5-7-12)8-16-14-17-13-3-1-2-11(13)9-20-14/h4-7,11,13H,1-3,8-9H2,(H,16,17)(H2,15,18,19). The maximum Gasteiger partial charge on any atom is 0.238 e. The minimum Gasteiger partial charge on any atom is -0.362 e. The molecule has 114 valence electrons. The normalized spacial score (nSPS) is 27.4. The number of hydrogen-bond acceptors (Lipinski definition) is 4. The highest BCUT2D eigenvalue weighted by Gasteiger charge is 2.31. The van der Waals surface area contributed by atoms with E-state index in [4.69, 9.17) is 5.14 Å². The van der Waals surface area contributed by atoms with Gasteiger partial charge in [0.2, 0.25) is 10.0 Å². The van der Waals surface area contributed by atoms with Crippen molar-refractivity contribution in [3.63, 3.8) is 0 Å². The highest BCUT2D eigenvalue weighted by molar-refractivity contribution is 8.13. The minimum absolute atomic E-state index is 0.137. The number of nitrogens with zero attached hydrogens (tertiary/aromatic N) is 1. The van der Waals surface area contributed by atoms with Gasteiger partial charge < -0.3 is 5.32 Å². The summed E-state index contributed by atoms with van der Waals surface area (Å²) in [5.41, 5.74) is 0.978. The van der Waals surface area contributed by atoms with E-state index in [-0.39, 0.29) is 4.90 Å². The first kappa shape index (κ1) is 14.9. The van der Waals surface area contributed by atoms with E-state index in [1.807, 2.05) is 0 Å². The largest absolute Gasteiger partial charge is 0.362 e. The molecule has 1 saturated heterocycles. The predicted octanol–water partition coefficient (Wildman–Crippen LogP) is 1.70. The average Bonchev–Trinajstić information content (AvgIpc) is 2.92. The second-order valence-corrected chi connectivity index (χ2v) is 8.13. The molecular weight excluding hydrogens is 306 g/mol. The number of nitrogens with two attached hydrogens (primary N) is 1. The Hall–Kier alpha value is -1.05.